The molecule has 0 spiro atoms. The molecule has 0 saturated carbocycles. The number of hydrogen-bond donors (Lipinski definition) is 1. The van der Waals surface area contributed by atoms with Crippen LogP contribution in [0, 0.1) is 6.92 Å². The van der Waals surface area contributed by atoms with Crippen molar-refractivity contribution in [1.82, 2.24) is 15.0 Å². The Morgan fingerprint density at radius 3 is 2.19 bits per heavy atom. The Kier molecular flexibility index (Phi) is 3.88. The van der Waals surface area contributed by atoms with Gasteiger partial charge in [0.1, 0.15) is 0 Å². The Morgan fingerprint density at radius 1 is 0.778 bits per heavy atom. The van der Waals surface area contributed by atoms with Crippen molar-refractivity contribution in [3.63, 3.8) is 0 Å². The molecule has 0 aliphatic carbocycles. The first-order chi connectivity index (χ1) is 13.1. The van der Waals surface area contributed by atoms with Gasteiger partial charge >= 0.3 is 0 Å². The Balaban J connectivity index is 1.55. The molecule has 5 aromatic rings. The minimum atomic E-state index is 0.671. The van der Waals surface area contributed by atoms with Crippen LogP contribution >= 0.6 is 34.0 Å². The van der Waals surface area contributed by atoms with Gasteiger partial charge in [0, 0.05) is 12.1 Å². The third kappa shape index (κ3) is 2.78. The molecule has 0 unspecified atom stereocenters. The van der Waals surface area contributed by atoms with Crippen molar-refractivity contribution in [1.29, 1.82) is 0 Å². The van der Waals surface area contributed by atoms with Gasteiger partial charge in [-0.05, 0) is 19.1 Å². The summed E-state index contributed by atoms with van der Waals surface area (Å²) >= 11 is 4.89. The first-order valence-corrected chi connectivity index (χ1v) is 10.6. The van der Waals surface area contributed by atoms with Gasteiger partial charge in [-0.2, -0.15) is 0 Å². The minimum absolute atomic E-state index is 0.671. The molecule has 9 heteroatoms. The van der Waals surface area contributed by atoms with E-state index in [9.17, 15) is 0 Å². The van der Waals surface area contributed by atoms with Gasteiger partial charge in [-0.25, -0.2) is 15.0 Å². The second kappa shape index (κ2) is 6.29. The molecule has 0 aliphatic heterocycles. The maximum absolute atomic E-state index is 5.37. The van der Waals surface area contributed by atoms with Crippen molar-refractivity contribution < 1.29 is 9.47 Å². The van der Waals surface area contributed by atoms with Crippen molar-refractivity contribution in [2.45, 2.75) is 6.92 Å². The van der Waals surface area contributed by atoms with Crippen LogP contribution in [0.4, 0.5) is 10.3 Å². The van der Waals surface area contributed by atoms with E-state index in [1.165, 1.54) is 4.70 Å². The standard InChI is InChI=1S/C18H14N4O2S3/c1-8-19-9-4-5-10-16(15(9)25-8)27-18(20-10)22-17-21-11-6-12(23-2)13(24-3)7-14(11)26-17/h4-7H,1-3H3,(H,20,21,22). The van der Waals surface area contributed by atoms with Gasteiger partial charge in [-0.15, -0.1) is 11.3 Å². The summed E-state index contributed by atoms with van der Waals surface area (Å²) in [7, 11) is 3.26. The molecule has 3 aromatic heterocycles. The molecule has 2 aromatic carbocycles. The maximum Gasteiger partial charge on any atom is 0.190 e. The fourth-order valence-corrected chi connectivity index (χ4v) is 5.88. The van der Waals surface area contributed by atoms with E-state index < -0.39 is 0 Å². The molecule has 6 nitrogen and oxygen atoms in total. The number of aromatic nitrogens is 3. The van der Waals surface area contributed by atoms with Gasteiger partial charge in [-0.1, -0.05) is 22.7 Å². The third-order valence-corrected chi connectivity index (χ3v) is 7.20. The van der Waals surface area contributed by atoms with E-state index in [0.717, 1.165) is 41.2 Å². The molecule has 1 N–H and O–H groups in total. The Bertz CT molecular complexity index is 1260. The zero-order valence-electron chi connectivity index (χ0n) is 14.7. The highest BCUT2D eigenvalue weighted by Crippen LogP contribution is 2.39. The summed E-state index contributed by atoms with van der Waals surface area (Å²) < 4.78 is 14.1. The zero-order chi connectivity index (χ0) is 18.5. The second-order valence-electron chi connectivity index (χ2n) is 5.83. The van der Waals surface area contributed by atoms with Crippen LogP contribution in [0.2, 0.25) is 0 Å². The highest BCUT2D eigenvalue weighted by atomic mass is 32.1. The number of thiazole rings is 3. The first kappa shape index (κ1) is 16.7. The van der Waals surface area contributed by atoms with Crippen molar-refractivity contribution in [2.24, 2.45) is 0 Å². The largest absolute Gasteiger partial charge is 0.493 e. The highest BCUT2D eigenvalue weighted by Gasteiger charge is 2.14. The summed E-state index contributed by atoms with van der Waals surface area (Å²) in [6.07, 6.45) is 0. The molecule has 27 heavy (non-hydrogen) atoms. The van der Waals surface area contributed by atoms with Crippen LogP contribution in [-0.2, 0) is 0 Å². The molecule has 0 amide bonds. The summed E-state index contributed by atoms with van der Waals surface area (Å²) in [5.41, 5.74) is 2.87. The predicted molar refractivity (Wildman–Crippen MR) is 114 cm³/mol. The number of hydrogen-bond acceptors (Lipinski definition) is 9. The molecule has 0 saturated heterocycles. The van der Waals surface area contributed by atoms with Crippen LogP contribution in [0.5, 0.6) is 11.5 Å². The van der Waals surface area contributed by atoms with Gasteiger partial charge in [0.15, 0.2) is 21.8 Å². The summed E-state index contributed by atoms with van der Waals surface area (Å²) in [4.78, 5) is 13.9. The minimum Gasteiger partial charge on any atom is -0.493 e. The van der Waals surface area contributed by atoms with E-state index in [4.69, 9.17) is 14.5 Å². The average molecular weight is 415 g/mol. The van der Waals surface area contributed by atoms with Gasteiger partial charge < -0.3 is 14.8 Å². The predicted octanol–water partition coefficient (Wildman–Crippen LogP) is 5.58. The zero-order valence-corrected chi connectivity index (χ0v) is 17.1. The number of methoxy groups -OCH3 is 2. The smallest absolute Gasteiger partial charge is 0.190 e. The van der Waals surface area contributed by atoms with Crippen LogP contribution in [0.25, 0.3) is 30.6 Å². The number of aryl methyl sites for hydroxylation is 1. The van der Waals surface area contributed by atoms with E-state index in [0.29, 0.717) is 11.5 Å². The SMILES string of the molecule is COc1cc2nc(Nc3nc4ccc5nc(C)sc5c4s3)sc2cc1OC. The molecule has 3 heterocycles. The van der Waals surface area contributed by atoms with E-state index in [2.05, 4.69) is 15.3 Å². The quantitative estimate of drug-likeness (QED) is 0.414. The average Bonchev–Trinajstić information content (AvgIpc) is 3.34. The number of nitrogens with one attached hydrogen (secondary N) is 1. The van der Waals surface area contributed by atoms with Crippen molar-refractivity contribution >= 4 is 74.9 Å². The van der Waals surface area contributed by atoms with Crippen molar-refractivity contribution in [2.75, 3.05) is 19.5 Å². The summed E-state index contributed by atoms with van der Waals surface area (Å²) in [6, 6.07) is 7.88. The van der Waals surface area contributed by atoms with Crippen LogP contribution in [0.15, 0.2) is 24.3 Å². The third-order valence-electron chi connectivity index (χ3n) is 4.13. The summed E-state index contributed by atoms with van der Waals surface area (Å²) in [5.74, 6) is 1.37. The Hall–Kier alpha value is -2.49. The van der Waals surface area contributed by atoms with E-state index >= 15 is 0 Å². The monoisotopic (exact) mass is 414 g/mol. The fraction of sp³-hybridized carbons (Fsp3) is 0.167. The van der Waals surface area contributed by atoms with Crippen molar-refractivity contribution in [3.05, 3.63) is 29.3 Å². The molecule has 0 fully saturated rings. The number of fused-ring (bicyclic) bond motifs is 4. The molecule has 5 rings (SSSR count). The van der Waals surface area contributed by atoms with Crippen LogP contribution in [0.1, 0.15) is 5.01 Å². The lowest BCUT2D eigenvalue weighted by Crippen LogP contribution is -1.90. The second-order valence-corrected chi connectivity index (χ2v) is 9.07. The Labute approximate surface area is 166 Å². The molecule has 0 aliphatic rings. The molecule has 136 valence electrons. The number of benzene rings is 2. The molecule has 0 radical (unpaired) electrons. The van der Waals surface area contributed by atoms with Crippen LogP contribution in [-0.4, -0.2) is 29.2 Å². The van der Waals surface area contributed by atoms with E-state index in [1.807, 2.05) is 31.2 Å². The van der Waals surface area contributed by atoms with Gasteiger partial charge in [0.25, 0.3) is 0 Å². The molecular weight excluding hydrogens is 400 g/mol. The van der Waals surface area contributed by atoms with Gasteiger partial charge in [0.05, 0.1) is 49.9 Å². The molecule has 0 bridgehead atoms. The summed E-state index contributed by atoms with van der Waals surface area (Å²) in [6.45, 7) is 2.03. The van der Waals surface area contributed by atoms with Gasteiger partial charge in [-0.3, -0.25) is 0 Å². The highest BCUT2D eigenvalue weighted by molar-refractivity contribution is 7.29. The lowest BCUT2D eigenvalue weighted by atomic mass is 10.3. The number of anilines is 2. The topological polar surface area (TPSA) is 69.2 Å². The van der Waals surface area contributed by atoms with Gasteiger partial charge in [0.2, 0.25) is 0 Å². The van der Waals surface area contributed by atoms with Crippen LogP contribution < -0.4 is 14.8 Å². The first-order valence-electron chi connectivity index (χ1n) is 8.11. The van der Waals surface area contributed by atoms with Crippen LogP contribution in [0.3, 0.4) is 0 Å². The van der Waals surface area contributed by atoms with Crippen molar-refractivity contribution in [3.8, 4) is 11.5 Å². The Morgan fingerprint density at radius 2 is 1.41 bits per heavy atom. The number of rotatable bonds is 4. The van der Waals surface area contributed by atoms with E-state index in [-0.39, 0.29) is 0 Å². The molecule has 0 atom stereocenters. The lowest BCUT2D eigenvalue weighted by molar-refractivity contribution is 0.356. The fourth-order valence-electron chi connectivity index (χ4n) is 2.94. The maximum atomic E-state index is 5.37. The summed E-state index contributed by atoms with van der Waals surface area (Å²) in [5, 5.41) is 6.02. The number of nitrogens with zero attached hydrogens (tertiary/aromatic N) is 3. The number of ether oxygens (including phenoxy) is 2. The van der Waals surface area contributed by atoms with E-state index in [1.54, 1.807) is 48.2 Å². The normalized spacial score (nSPS) is 11.5. The lowest BCUT2D eigenvalue weighted by Gasteiger charge is -2.05. The molecular formula is C18H14N4O2S3.